The molecule has 0 bridgehead atoms. The minimum absolute atomic E-state index is 0.0539. The molecule has 96 valence electrons. The summed E-state index contributed by atoms with van der Waals surface area (Å²) in [4.78, 5) is 27.9. The van der Waals surface area contributed by atoms with Crippen LogP contribution in [0.15, 0.2) is 24.5 Å². The van der Waals surface area contributed by atoms with Gasteiger partial charge in [-0.3, -0.25) is 9.78 Å². The first-order valence-electron chi connectivity index (χ1n) is 5.82. The quantitative estimate of drug-likeness (QED) is 0.810. The maximum Gasteiger partial charge on any atom is 0.318 e. The van der Waals surface area contributed by atoms with Gasteiger partial charge in [-0.1, -0.05) is 0 Å². The summed E-state index contributed by atoms with van der Waals surface area (Å²) in [6, 6.07) is 3.50. The molecule has 1 atom stereocenters. The molecule has 2 N–H and O–H groups in total. The van der Waals surface area contributed by atoms with Crippen molar-refractivity contribution < 1.29 is 14.7 Å². The van der Waals surface area contributed by atoms with Crippen LogP contribution in [-0.4, -0.2) is 39.6 Å². The summed E-state index contributed by atoms with van der Waals surface area (Å²) in [5.41, 5.74) is 0.988. The van der Waals surface area contributed by atoms with Crippen LogP contribution in [0.4, 0.5) is 4.79 Å². The number of carbonyl (C=O) groups excluding carboxylic acids is 1. The van der Waals surface area contributed by atoms with Crippen molar-refractivity contribution in [1.82, 2.24) is 15.2 Å². The van der Waals surface area contributed by atoms with Crippen LogP contribution in [0, 0.1) is 0 Å². The molecule has 1 unspecified atom stereocenters. The van der Waals surface area contributed by atoms with Gasteiger partial charge in [0.2, 0.25) is 0 Å². The highest BCUT2D eigenvalue weighted by atomic mass is 16.4. The zero-order valence-corrected chi connectivity index (χ0v) is 9.87. The highest BCUT2D eigenvalue weighted by molar-refractivity contribution is 5.77. The Bertz CT molecular complexity index is 435. The third-order valence-electron chi connectivity index (χ3n) is 2.98. The lowest BCUT2D eigenvalue weighted by Gasteiger charge is -2.22. The van der Waals surface area contributed by atoms with Crippen molar-refractivity contribution in [3.05, 3.63) is 30.1 Å². The standard InChI is InChI=1S/C12H15N3O3/c16-11(17)2-1-10-7-14-12(18)15(10)8-9-3-5-13-6-4-9/h3-6,10H,1-2,7-8H2,(H,14,18)(H,16,17). The second-order valence-electron chi connectivity index (χ2n) is 4.26. The molecule has 0 spiro atoms. The highest BCUT2D eigenvalue weighted by Gasteiger charge is 2.30. The second kappa shape index (κ2) is 5.48. The van der Waals surface area contributed by atoms with Gasteiger partial charge in [0.15, 0.2) is 0 Å². The van der Waals surface area contributed by atoms with Crippen molar-refractivity contribution >= 4 is 12.0 Å². The molecule has 0 saturated carbocycles. The number of aromatic nitrogens is 1. The molecular weight excluding hydrogens is 234 g/mol. The molecule has 1 saturated heterocycles. The molecule has 1 aliphatic heterocycles. The van der Waals surface area contributed by atoms with Crippen LogP contribution in [0.3, 0.4) is 0 Å². The summed E-state index contributed by atoms with van der Waals surface area (Å²) in [5, 5.41) is 11.4. The number of hydrogen-bond donors (Lipinski definition) is 2. The summed E-state index contributed by atoms with van der Waals surface area (Å²) in [5.74, 6) is -0.835. The van der Waals surface area contributed by atoms with Crippen LogP contribution in [0.1, 0.15) is 18.4 Å². The summed E-state index contributed by atoms with van der Waals surface area (Å²) >= 11 is 0. The second-order valence-corrected chi connectivity index (χ2v) is 4.26. The number of rotatable bonds is 5. The Morgan fingerprint density at radius 3 is 2.89 bits per heavy atom. The third kappa shape index (κ3) is 2.97. The molecule has 1 fully saturated rings. The van der Waals surface area contributed by atoms with Crippen LogP contribution in [0.25, 0.3) is 0 Å². The van der Waals surface area contributed by atoms with E-state index >= 15 is 0 Å². The molecule has 2 amide bonds. The largest absolute Gasteiger partial charge is 0.481 e. The van der Waals surface area contributed by atoms with Gasteiger partial charge in [-0.2, -0.15) is 0 Å². The summed E-state index contributed by atoms with van der Waals surface area (Å²) in [6.45, 7) is 0.996. The summed E-state index contributed by atoms with van der Waals surface area (Å²) in [7, 11) is 0. The number of pyridine rings is 1. The molecule has 6 heteroatoms. The molecule has 1 aromatic rings. The Balaban J connectivity index is 1.99. The van der Waals surface area contributed by atoms with E-state index < -0.39 is 5.97 Å². The zero-order valence-electron chi connectivity index (χ0n) is 9.87. The lowest BCUT2D eigenvalue weighted by molar-refractivity contribution is -0.137. The molecule has 2 rings (SSSR count). The number of hydrogen-bond acceptors (Lipinski definition) is 3. The van der Waals surface area contributed by atoms with Crippen molar-refractivity contribution in [1.29, 1.82) is 0 Å². The van der Waals surface area contributed by atoms with Gasteiger partial charge >= 0.3 is 12.0 Å². The van der Waals surface area contributed by atoms with E-state index in [1.807, 2.05) is 12.1 Å². The average molecular weight is 249 g/mol. The minimum atomic E-state index is -0.835. The van der Waals surface area contributed by atoms with E-state index in [9.17, 15) is 9.59 Å². The monoisotopic (exact) mass is 249 g/mol. The average Bonchev–Trinajstić information content (AvgIpc) is 2.70. The smallest absolute Gasteiger partial charge is 0.318 e. The van der Waals surface area contributed by atoms with Gasteiger partial charge in [-0.15, -0.1) is 0 Å². The van der Waals surface area contributed by atoms with Gasteiger partial charge in [0.25, 0.3) is 0 Å². The number of carbonyl (C=O) groups is 2. The lowest BCUT2D eigenvalue weighted by atomic mass is 10.1. The Kier molecular flexibility index (Phi) is 3.76. The number of nitrogens with one attached hydrogen (secondary N) is 1. The van der Waals surface area contributed by atoms with Gasteiger partial charge in [-0.25, -0.2) is 4.79 Å². The molecule has 0 aliphatic carbocycles. The zero-order chi connectivity index (χ0) is 13.0. The van der Waals surface area contributed by atoms with E-state index in [4.69, 9.17) is 5.11 Å². The molecule has 1 aromatic heterocycles. The first-order valence-corrected chi connectivity index (χ1v) is 5.82. The van der Waals surface area contributed by atoms with Crippen LogP contribution in [0.2, 0.25) is 0 Å². The maximum absolute atomic E-state index is 11.7. The third-order valence-corrected chi connectivity index (χ3v) is 2.98. The fourth-order valence-electron chi connectivity index (χ4n) is 2.02. The van der Waals surface area contributed by atoms with E-state index in [1.165, 1.54) is 0 Å². The number of nitrogens with zero attached hydrogens (tertiary/aromatic N) is 2. The minimum Gasteiger partial charge on any atom is -0.481 e. The molecular formula is C12H15N3O3. The predicted molar refractivity (Wildman–Crippen MR) is 63.8 cm³/mol. The predicted octanol–water partition coefficient (Wildman–Crippen LogP) is 0.840. The van der Waals surface area contributed by atoms with Crippen LogP contribution in [-0.2, 0) is 11.3 Å². The van der Waals surface area contributed by atoms with Gasteiger partial charge in [0, 0.05) is 31.9 Å². The van der Waals surface area contributed by atoms with Gasteiger partial charge in [0.1, 0.15) is 0 Å². The first kappa shape index (κ1) is 12.3. The highest BCUT2D eigenvalue weighted by Crippen LogP contribution is 2.16. The molecule has 1 aliphatic rings. The fourth-order valence-corrected chi connectivity index (χ4v) is 2.02. The number of amides is 2. The number of urea groups is 1. The van der Waals surface area contributed by atoms with Gasteiger partial charge in [0.05, 0.1) is 6.04 Å². The van der Waals surface area contributed by atoms with Crippen molar-refractivity contribution in [3.63, 3.8) is 0 Å². The van der Waals surface area contributed by atoms with Gasteiger partial charge < -0.3 is 15.3 Å². The molecule has 0 aromatic carbocycles. The molecule has 2 heterocycles. The van der Waals surface area contributed by atoms with Crippen molar-refractivity contribution in [2.75, 3.05) is 6.54 Å². The van der Waals surface area contributed by atoms with E-state index in [0.717, 1.165) is 5.56 Å². The summed E-state index contributed by atoms with van der Waals surface area (Å²) < 4.78 is 0. The number of carboxylic acid groups (broad SMARTS) is 1. The van der Waals surface area contributed by atoms with Gasteiger partial charge in [-0.05, 0) is 24.1 Å². The Morgan fingerprint density at radius 1 is 1.50 bits per heavy atom. The first-order chi connectivity index (χ1) is 8.66. The summed E-state index contributed by atoms with van der Waals surface area (Å²) in [6.07, 6.45) is 3.90. The van der Waals surface area contributed by atoms with Crippen molar-refractivity contribution in [2.45, 2.75) is 25.4 Å². The number of carboxylic acids is 1. The SMILES string of the molecule is O=C(O)CCC1CNC(=O)N1Cc1ccncc1. The van der Waals surface area contributed by atoms with E-state index in [2.05, 4.69) is 10.3 Å². The Labute approximate surface area is 105 Å². The van der Waals surface area contributed by atoms with Crippen LogP contribution >= 0.6 is 0 Å². The Morgan fingerprint density at radius 2 is 2.22 bits per heavy atom. The van der Waals surface area contributed by atoms with Crippen molar-refractivity contribution in [3.8, 4) is 0 Å². The lowest BCUT2D eigenvalue weighted by Crippen LogP contribution is -2.34. The fraction of sp³-hybridized carbons (Fsp3) is 0.417. The normalized spacial score (nSPS) is 18.8. The molecule has 6 nitrogen and oxygen atoms in total. The van der Waals surface area contributed by atoms with Crippen molar-refractivity contribution in [2.24, 2.45) is 0 Å². The van der Waals surface area contributed by atoms with E-state index in [1.54, 1.807) is 17.3 Å². The topological polar surface area (TPSA) is 82.5 Å². The number of aliphatic carboxylic acids is 1. The van der Waals surface area contributed by atoms with Crippen LogP contribution in [0.5, 0.6) is 0 Å². The van der Waals surface area contributed by atoms with E-state index in [0.29, 0.717) is 19.5 Å². The maximum atomic E-state index is 11.7. The molecule has 18 heavy (non-hydrogen) atoms. The Hall–Kier alpha value is -2.11. The molecule has 0 radical (unpaired) electrons. The van der Waals surface area contributed by atoms with E-state index in [-0.39, 0.29) is 18.5 Å². The van der Waals surface area contributed by atoms with Crippen LogP contribution < -0.4 is 5.32 Å².